The van der Waals surface area contributed by atoms with Gasteiger partial charge in [0.15, 0.2) is 5.78 Å². The van der Waals surface area contributed by atoms with Crippen LogP contribution in [0.4, 0.5) is 0 Å². The predicted molar refractivity (Wildman–Crippen MR) is 50.0 cm³/mol. The Morgan fingerprint density at radius 1 is 1.20 bits per heavy atom. The van der Waals surface area contributed by atoms with E-state index >= 15 is 0 Å². The predicted octanol–water partition coefficient (Wildman–Crippen LogP) is 0.544. The maximum atomic E-state index is 12.0. The number of rotatable bonds is 2. The SMILES string of the molecule is O=C1CC2CC1CC2C(=O)C1OCCO1. The summed E-state index contributed by atoms with van der Waals surface area (Å²) in [6.07, 6.45) is 1.57. The summed E-state index contributed by atoms with van der Waals surface area (Å²) in [5.74, 6) is 0.828. The lowest BCUT2D eigenvalue weighted by Gasteiger charge is -2.21. The summed E-state index contributed by atoms with van der Waals surface area (Å²) in [4.78, 5) is 23.3. The van der Waals surface area contributed by atoms with E-state index in [0.717, 1.165) is 12.8 Å². The van der Waals surface area contributed by atoms with Crippen molar-refractivity contribution < 1.29 is 19.1 Å². The molecule has 3 atom stereocenters. The minimum absolute atomic E-state index is 0.01000. The second-order valence-electron chi connectivity index (χ2n) is 4.68. The highest BCUT2D eigenvalue weighted by molar-refractivity contribution is 5.91. The molecular weight excluding hydrogens is 196 g/mol. The van der Waals surface area contributed by atoms with E-state index in [-0.39, 0.29) is 23.5 Å². The Labute approximate surface area is 87.9 Å². The standard InChI is InChI=1S/C11H14O4/c12-9-5-6-3-7(9)4-8(6)10(13)11-14-1-2-15-11/h6-8,11H,1-5H2. The number of carbonyl (C=O) groups is 2. The van der Waals surface area contributed by atoms with Crippen LogP contribution in [0, 0.1) is 17.8 Å². The van der Waals surface area contributed by atoms with Gasteiger partial charge in [0.1, 0.15) is 5.78 Å². The van der Waals surface area contributed by atoms with Crippen LogP contribution in [0.5, 0.6) is 0 Å². The van der Waals surface area contributed by atoms with Gasteiger partial charge < -0.3 is 9.47 Å². The van der Waals surface area contributed by atoms with Gasteiger partial charge in [-0.15, -0.1) is 0 Å². The van der Waals surface area contributed by atoms with E-state index in [1.54, 1.807) is 0 Å². The molecule has 0 amide bonds. The number of hydrogen-bond donors (Lipinski definition) is 0. The zero-order valence-corrected chi connectivity index (χ0v) is 8.48. The first-order chi connectivity index (χ1) is 7.25. The number of ether oxygens (including phenoxy) is 2. The largest absolute Gasteiger partial charge is 0.344 e. The molecule has 3 rings (SSSR count). The highest BCUT2D eigenvalue weighted by Crippen LogP contribution is 2.47. The van der Waals surface area contributed by atoms with Crippen molar-refractivity contribution in [2.75, 3.05) is 13.2 Å². The van der Waals surface area contributed by atoms with Gasteiger partial charge in [-0.3, -0.25) is 9.59 Å². The summed E-state index contributed by atoms with van der Waals surface area (Å²) in [7, 11) is 0. The zero-order valence-electron chi connectivity index (χ0n) is 8.48. The molecule has 4 nitrogen and oxygen atoms in total. The van der Waals surface area contributed by atoms with Crippen LogP contribution in [0.3, 0.4) is 0 Å². The zero-order chi connectivity index (χ0) is 10.4. The Bertz CT molecular complexity index is 306. The van der Waals surface area contributed by atoms with Gasteiger partial charge in [-0.25, -0.2) is 0 Å². The smallest absolute Gasteiger partial charge is 0.218 e. The molecule has 82 valence electrons. The van der Waals surface area contributed by atoms with E-state index in [4.69, 9.17) is 9.47 Å². The first-order valence-electron chi connectivity index (χ1n) is 5.55. The number of fused-ring (bicyclic) bond motifs is 2. The Hall–Kier alpha value is -0.740. The molecule has 0 aromatic heterocycles. The number of carbonyl (C=O) groups excluding carboxylic acids is 2. The van der Waals surface area contributed by atoms with Crippen LogP contribution in [0.1, 0.15) is 19.3 Å². The minimum atomic E-state index is -0.649. The lowest BCUT2D eigenvalue weighted by atomic mass is 9.85. The molecule has 0 spiro atoms. The second-order valence-corrected chi connectivity index (χ2v) is 4.68. The highest BCUT2D eigenvalue weighted by Gasteiger charge is 2.49. The maximum Gasteiger partial charge on any atom is 0.218 e. The number of hydrogen-bond acceptors (Lipinski definition) is 4. The van der Waals surface area contributed by atoms with Crippen molar-refractivity contribution in [3.05, 3.63) is 0 Å². The number of ketones is 2. The van der Waals surface area contributed by atoms with E-state index in [1.807, 2.05) is 0 Å². The van der Waals surface area contributed by atoms with Crippen molar-refractivity contribution in [3.8, 4) is 0 Å². The van der Waals surface area contributed by atoms with E-state index in [1.165, 1.54) is 0 Å². The molecule has 2 bridgehead atoms. The Morgan fingerprint density at radius 3 is 2.47 bits per heavy atom. The van der Waals surface area contributed by atoms with Crippen molar-refractivity contribution in [2.24, 2.45) is 17.8 Å². The summed E-state index contributed by atoms with van der Waals surface area (Å²) in [5.41, 5.74) is 0. The average Bonchev–Trinajstić information content (AvgIpc) is 2.91. The average molecular weight is 210 g/mol. The van der Waals surface area contributed by atoms with Crippen molar-refractivity contribution >= 4 is 11.6 Å². The van der Waals surface area contributed by atoms with Gasteiger partial charge in [0, 0.05) is 18.3 Å². The molecule has 0 aromatic rings. The quantitative estimate of drug-likeness (QED) is 0.667. The van der Waals surface area contributed by atoms with Gasteiger partial charge in [0.05, 0.1) is 13.2 Å². The maximum absolute atomic E-state index is 12.0. The van der Waals surface area contributed by atoms with Crippen LogP contribution < -0.4 is 0 Å². The molecule has 1 saturated heterocycles. The molecule has 0 N–H and O–H groups in total. The van der Waals surface area contributed by atoms with Crippen LogP contribution in [0.2, 0.25) is 0 Å². The van der Waals surface area contributed by atoms with Gasteiger partial charge in [-0.05, 0) is 18.8 Å². The van der Waals surface area contributed by atoms with Gasteiger partial charge >= 0.3 is 0 Å². The monoisotopic (exact) mass is 210 g/mol. The summed E-state index contributed by atoms with van der Waals surface area (Å²) < 4.78 is 10.4. The lowest BCUT2D eigenvalue weighted by Crippen LogP contribution is -2.33. The third-order valence-corrected chi connectivity index (χ3v) is 3.83. The van der Waals surface area contributed by atoms with Crippen LogP contribution >= 0.6 is 0 Å². The van der Waals surface area contributed by atoms with Crippen molar-refractivity contribution in [2.45, 2.75) is 25.6 Å². The Kier molecular flexibility index (Phi) is 2.14. The van der Waals surface area contributed by atoms with Gasteiger partial charge in [-0.1, -0.05) is 0 Å². The van der Waals surface area contributed by atoms with Crippen LogP contribution in [0.15, 0.2) is 0 Å². The van der Waals surface area contributed by atoms with Crippen LogP contribution in [-0.2, 0) is 19.1 Å². The first-order valence-corrected chi connectivity index (χ1v) is 5.55. The topological polar surface area (TPSA) is 52.6 Å². The highest BCUT2D eigenvalue weighted by atomic mass is 16.7. The van der Waals surface area contributed by atoms with Gasteiger partial charge in [0.2, 0.25) is 6.29 Å². The fourth-order valence-electron chi connectivity index (χ4n) is 3.08. The Morgan fingerprint density at radius 2 is 1.93 bits per heavy atom. The first kappa shape index (κ1) is 9.48. The molecule has 3 aliphatic rings. The van der Waals surface area contributed by atoms with Gasteiger partial charge in [-0.2, -0.15) is 0 Å². The third kappa shape index (κ3) is 1.43. The molecular formula is C11H14O4. The second kappa shape index (κ2) is 3.39. The van der Waals surface area contributed by atoms with Crippen LogP contribution in [-0.4, -0.2) is 31.1 Å². The summed E-state index contributed by atoms with van der Waals surface area (Å²) in [5, 5.41) is 0. The van der Waals surface area contributed by atoms with E-state index < -0.39 is 6.29 Å². The molecule has 1 aliphatic heterocycles. The number of Topliss-reactive ketones (excluding diaryl/α,β-unsaturated/α-hetero) is 2. The molecule has 3 unspecified atom stereocenters. The van der Waals surface area contributed by atoms with Crippen molar-refractivity contribution in [1.82, 2.24) is 0 Å². The molecule has 2 aliphatic carbocycles. The lowest BCUT2D eigenvalue weighted by molar-refractivity contribution is -0.150. The fourth-order valence-corrected chi connectivity index (χ4v) is 3.08. The fraction of sp³-hybridized carbons (Fsp3) is 0.818. The third-order valence-electron chi connectivity index (χ3n) is 3.83. The molecule has 2 saturated carbocycles. The van der Waals surface area contributed by atoms with E-state index in [2.05, 4.69) is 0 Å². The molecule has 1 heterocycles. The molecule has 0 aromatic carbocycles. The van der Waals surface area contributed by atoms with Crippen molar-refractivity contribution in [3.63, 3.8) is 0 Å². The minimum Gasteiger partial charge on any atom is -0.344 e. The van der Waals surface area contributed by atoms with Gasteiger partial charge in [0.25, 0.3) is 0 Å². The molecule has 0 radical (unpaired) electrons. The van der Waals surface area contributed by atoms with E-state index in [9.17, 15) is 9.59 Å². The Balaban J connectivity index is 1.69. The van der Waals surface area contributed by atoms with Crippen LogP contribution in [0.25, 0.3) is 0 Å². The molecule has 15 heavy (non-hydrogen) atoms. The summed E-state index contributed by atoms with van der Waals surface area (Å²) >= 11 is 0. The normalized spacial score (nSPS) is 40.3. The van der Waals surface area contributed by atoms with Crippen molar-refractivity contribution in [1.29, 1.82) is 0 Å². The summed E-state index contributed by atoms with van der Waals surface area (Å²) in [6.45, 7) is 1.02. The van der Waals surface area contributed by atoms with E-state index in [0.29, 0.717) is 25.4 Å². The summed E-state index contributed by atoms with van der Waals surface area (Å²) in [6, 6.07) is 0. The molecule has 4 heteroatoms. The molecule has 3 fully saturated rings.